The summed E-state index contributed by atoms with van der Waals surface area (Å²) in [5, 5.41) is 4.54. The molecular weight excluding hydrogens is 174 g/mol. The SMILES string of the molecule is CC(CN)Cc1cn(C)nc1C1CC1. The molecule has 0 spiro atoms. The lowest BCUT2D eigenvalue weighted by Crippen LogP contribution is -2.13. The molecule has 0 amide bonds. The summed E-state index contributed by atoms with van der Waals surface area (Å²) in [6, 6.07) is 0. The average Bonchev–Trinajstić information content (AvgIpc) is 2.92. The first-order valence-corrected chi connectivity index (χ1v) is 5.43. The van der Waals surface area contributed by atoms with Crippen molar-refractivity contribution in [2.75, 3.05) is 6.54 Å². The second kappa shape index (κ2) is 3.73. The molecule has 0 radical (unpaired) electrons. The van der Waals surface area contributed by atoms with E-state index in [1.165, 1.54) is 24.1 Å². The number of nitrogens with two attached hydrogens (primary N) is 1. The van der Waals surface area contributed by atoms with Crippen LogP contribution in [0.5, 0.6) is 0 Å². The lowest BCUT2D eigenvalue weighted by atomic mass is 10.0. The fraction of sp³-hybridized carbons (Fsp3) is 0.727. The highest BCUT2D eigenvalue weighted by Crippen LogP contribution is 2.41. The molecule has 0 aromatic carbocycles. The Bertz CT molecular complexity index is 312. The summed E-state index contributed by atoms with van der Waals surface area (Å²) in [6.07, 6.45) is 5.87. The molecule has 1 atom stereocenters. The topological polar surface area (TPSA) is 43.8 Å². The predicted molar refractivity (Wildman–Crippen MR) is 57.1 cm³/mol. The molecule has 1 unspecified atom stereocenters. The van der Waals surface area contributed by atoms with E-state index in [1.54, 1.807) is 0 Å². The van der Waals surface area contributed by atoms with Crippen LogP contribution in [0, 0.1) is 5.92 Å². The summed E-state index contributed by atoms with van der Waals surface area (Å²) < 4.78 is 1.94. The minimum absolute atomic E-state index is 0.566. The molecule has 78 valence electrons. The molecule has 0 aliphatic heterocycles. The number of aromatic nitrogens is 2. The summed E-state index contributed by atoms with van der Waals surface area (Å²) in [4.78, 5) is 0. The number of rotatable bonds is 4. The molecule has 0 saturated heterocycles. The van der Waals surface area contributed by atoms with Crippen LogP contribution in [-0.2, 0) is 13.5 Å². The van der Waals surface area contributed by atoms with Crippen molar-refractivity contribution in [2.45, 2.75) is 32.1 Å². The summed E-state index contributed by atoms with van der Waals surface area (Å²) in [7, 11) is 2.00. The van der Waals surface area contributed by atoms with Gasteiger partial charge in [0.05, 0.1) is 5.69 Å². The molecular formula is C11H19N3. The van der Waals surface area contributed by atoms with E-state index in [4.69, 9.17) is 5.73 Å². The highest BCUT2D eigenvalue weighted by atomic mass is 15.3. The van der Waals surface area contributed by atoms with E-state index in [2.05, 4.69) is 18.2 Å². The van der Waals surface area contributed by atoms with Gasteiger partial charge >= 0.3 is 0 Å². The average molecular weight is 193 g/mol. The number of hydrogen-bond donors (Lipinski definition) is 1. The lowest BCUT2D eigenvalue weighted by molar-refractivity contribution is 0.590. The molecule has 1 aliphatic rings. The van der Waals surface area contributed by atoms with E-state index in [9.17, 15) is 0 Å². The van der Waals surface area contributed by atoms with Gasteiger partial charge in [-0.2, -0.15) is 5.10 Å². The smallest absolute Gasteiger partial charge is 0.0687 e. The van der Waals surface area contributed by atoms with E-state index in [0.29, 0.717) is 5.92 Å². The number of aryl methyl sites for hydroxylation is 1. The summed E-state index contributed by atoms with van der Waals surface area (Å²) in [5.74, 6) is 1.31. The molecule has 1 saturated carbocycles. The zero-order chi connectivity index (χ0) is 10.1. The highest BCUT2D eigenvalue weighted by molar-refractivity contribution is 5.25. The Kier molecular flexibility index (Phi) is 2.59. The number of nitrogens with zero attached hydrogens (tertiary/aromatic N) is 2. The maximum atomic E-state index is 5.64. The molecule has 1 fully saturated rings. The Hall–Kier alpha value is -0.830. The van der Waals surface area contributed by atoms with Gasteiger partial charge in [-0.05, 0) is 37.3 Å². The molecule has 1 aromatic rings. The van der Waals surface area contributed by atoms with Crippen molar-refractivity contribution in [2.24, 2.45) is 18.7 Å². The van der Waals surface area contributed by atoms with E-state index >= 15 is 0 Å². The van der Waals surface area contributed by atoms with Crippen LogP contribution >= 0.6 is 0 Å². The quantitative estimate of drug-likeness (QED) is 0.786. The Labute approximate surface area is 85.3 Å². The lowest BCUT2D eigenvalue weighted by Gasteiger charge is -2.07. The van der Waals surface area contributed by atoms with Gasteiger partial charge in [-0.25, -0.2) is 0 Å². The molecule has 2 rings (SSSR count). The molecule has 1 heterocycles. The van der Waals surface area contributed by atoms with Crippen LogP contribution in [0.15, 0.2) is 6.20 Å². The first-order valence-electron chi connectivity index (χ1n) is 5.43. The van der Waals surface area contributed by atoms with Crippen molar-refractivity contribution in [3.63, 3.8) is 0 Å². The molecule has 2 N–H and O–H groups in total. The second-order valence-electron chi connectivity index (χ2n) is 4.53. The van der Waals surface area contributed by atoms with Crippen molar-refractivity contribution < 1.29 is 0 Å². The predicted octanol–water partition coefficient (Wildman–Crippen LogP) is 1.43. The zero-order valence-corrected chi connectivity index (χ0v) is 9.03. The van der Waals surface area contributed by atoms with Crippen molar-refractivity contribution in [3.8, 4) is 0 Å². The molecule has 1 aliphatic carbocycles. The Balaban J connectivity index is 2.14. The van der Waals surface area contributed by atoms with Crippen LogP contribution in [0.3, 0.4) is 0 Å². The maximum Gasteiger partial charge on any atom is 0.0687 e. The minimum atomic E-state index is 0.566. The largest absolute Gasteiger partial charge is 0.330 e. The van der Waals surface area contributed by atoms with Gasteiger partial charge in [0.1, 0.15) is 0 Å². The monoisotopic (exact) mass is 193 g/mol. The van der Waals surface area contributed by atoms with Crippen molar-refractivity contribution in [1.29, 1.82) is 0 Å². The van der Waals surface area contributed by atoms with Crippen molar-refractivity contribution >= 4 is 0 Å². The summed E-state index contributed by atoms with van der Waals surface area (Å²) >= 11 is 0. The zero-order valence-electron chi connectivity index (χ0n) is 9.03. The summed E-state index contributed by atoms with van der Waals surface area (Å²) in [6.45, 7) is 2.96. The van der Waals surface area contributed by atoms with Gasteiger partial charge in [0.15, 0.2) is 0 Å². The normalized spacial score (nSPS) is 18.5. The third-order valence-corrected chi connectivity index (χ3v) is 2.87. The third kappa shape index (κ3) is 1.98. The third-order valence-electron chi connectivity index (χ3n) is 2.87. The van der Waals surface area contributed by atoms with Crippen LogP contribution in [0.25, 0.3) is 0 Å². The highest BCUT2D eigenvalue weighted by Gasteiger charge is 2.29. The van der Waals surface area contributed by atoms with E-state index in [-0.39, 0.29) is 0 Å². The van der Waals surface area contributed by atoms with Crippen LogP contribution < -0.4 is 5.73 Å². The van der Waals surface area contributed by atoms with Crippen LogP contribution in [0.2, 0.25) is 0 Å². The fourth-order valence-electron chi connectivity index (χ4n) is 1.87. The molecule has 1 aromatic heterocycles. The Morgan fingerprint density at radius 3 is 2.93 bits per heavy atom. The van der Waals surface area contributed by atoms with Crippen LogP contribution in [-0.4, -0.2) is 16.3 Å². The van der Waals surface area contributed by atoms with E-state index in [1.807, 2.05) is 11.7 Å². The Morgan fingerprint density at radius 2 is 2.36 bits per heavy atom. The Morgan fingerprint density at radius 1 is 1.64 bits per heavy atom. The first kappa shape index (κ1) is 9.71. The first-order chi connectivity index (χ1) is 6.70. The molecule has 0 bridgehead atoms. The van der Waals surface area contributed by atoms with Crippen molar-refractivity contribution in [1.82, 2.24) is 9.78 Å². The molecule has 3 heteroatoms. The van der Waals surface area contributed by atoms with Gasteiger partial charge in [0.25, 0.3) is 0 Å². The van der Waals surface area contributed by atoms with Crippen molar-refractivity contribution in [3.05, 3.63) is 17.5 Å². The second-order valence-corrected chi connectivity index (χ2v) is 4.53. The van der Waals surface area contributed by atoms with E-state index < -0.39 is 0 Å². The van der Waals surface area contributed by atoms with Crippen LogP contribution in [0.1, 0.15) is 36.9 Å². The van der Waals surface area contributed by atoms with E-state index in [0.717, 1.165) is 18.9 Å². The number of hydrogen-bond acceptors (Lipinski definition) is 2. The van der Waals surface area contributed by atoms with Gasteiger partial charge in [0.2, 0.25) is 0 Å². The molecule has 14 heavy (non-hydrogen) atoms. The van der Waals surface area contributed by atoms with Gasteiger partial charge in [-0.3, -0.25) is 4.68 Å². The fourth-order valence-corrected chi connectivity index (χ4v) is 1.87. The van der Waals surface area contributed by atoms with Gasteiger partial charge < -0.3 is 5.73 Å². The molecule has 3 nitrogen and oxygen atoms in total. The summed E-state index contributed by atoms with van der Waals surface area (Å²) in [5.41, 5.74) is 8.38. The minimum Gasteiger partial charge on any atom is -0.330 e. The van der Waals surface area contributed by atoms with Crippen LogP contribution in [0.4, 0.5) is 0 Å². The maximum absolute atomic E-state index is 5.64. The van der Waals surface area contributed by atoms with Gasteiger partial charge in [-0.15, -0.1) is 0 Å². The van der Waals surface area contributed by atoms with Gasteiger partial charge in [-0.1, -0.05) is 6.92 Å². The standard InChI is InChI=1S/C11H19N3/c1-8(6-12)5-10-7-14(2)13-11(10)9-3-4-9/h7-9H,3-6,12H2,1-2H3. The van der Waals surface area contributed by atoms with Gasteiger partial charge in [0, 0.05) is 19.2 Å².